The van der Waals surface area contributed by atoms with Crippen LogP contribution in [0, 0.1) is 0 Å². The van der Waals surface area contributed by atoms with Crippen molar-refractivity contribution in [1.29, 1.82) is 0 Å². The van der Waals surface area contributed by atoms with Crippen LogP contribution >= 0.6 is 12.6 Å². The third-order valence-corrected chi connectivity index (χ3v) is 5.72. The highest BCUT2D eigenvalue weighted by atomic mass is 32.1. The van der Waals surface area contributed by atoms with Crippen LogP contribution in [-0.2, 0) is 20.7 Å². The average molecular weight is 391 g/mol. The van der Waals surface area contributed by atoms with Gasteiger partial charge in [-0.05, 0) is 31.7 Å². The van der Waals surface area contributed by atoms with Gasteiger partial charge in [0.1, 0.15) is 0 Å². The highest BCUT2D eigenvalue weighted by Crippen LogP contribution is 2.32. The van der Waals surface area contributed by atoms with E-state index in [1.54, 1.807) is 6.92 Å². The molecule has 6 nitrogen and oxygen atoms in total. The van der Waals surface area contributed by atoms with Gasteiger partial charge in [-0.3, -0.25) is 14.6 Å². The van der Waals surface area contributed by atoms with Crippen molar-refractivity contribution in [2.45, 2.75) is 57.2 Å². The van der Waals surface area contributed by atoms with Gasteiger partial charge in [-0.1, -0.05) is 43.2 Å². The van der Waals surface area contributed by atoms with Crippen LogP contribution < -0.4 is 0 Å². The van der Waals surface area contributed by atoms with E-state index in [0.717, 1.165) is 31.2 Å². The minimum atomic E-state index is -1.17. The summed E-state index contributed by atoms with van der Waals surface area (Å²) in [7, 11) is 0. The molecule has 0 N–H and O–H groups in total. The zero-order valence-corrected chi connectivity index (χ0v) is 16.4. The average Bonchev–Trinajstić information content (AvgIpc) is 3.27. The summed E-state index contributed by atoms with van der Waals surface area (Å²) in [6.07, 6.45) is 4.13. The topological polar surface area (TPSA) is 66.9 Å². The molecule has 1 aliphatic carbocycles. The zero-order valence-electron chi connectivity index (χ0n) is 15.5. The van der Waals surface area contributed by atoms with E-state index in [4.69, 9.17) is 4.74 Å². The van der Waals surface area contributed by atoms with E-state index in [0.29, 0.717) is 12.2 Å². The predicted molar refractivity (Wildman–Crippen MR) is 105 cm³/mol. The molecule has 2 unspecified atom stereocenters. The number of benzene rings is 1. The van der Waals surface area contributed by atoms with Gasteiger partial charge in [0.15, 0.2) is 0 Å². The number of nitrogens with zero attached hydrogens (tertiary/aromatic N) is 2. The van der Waals surface area contributed by atoms with Gasteiger partial charge in [-0.15, -0.1) is 0 Å². The fourth-order valence-electron chi connectivity index (χ4n) is 4.02. The maximum Gasteiger partial charge on any atom is 0.338 e. The second-order valence-electron chi connectivity index (χ2n) is 7.02. The van der Waals surface area contributed by atoms with Crippen LogP contribution in [0.15, 0.2) is 30.3 Å². The maximum atomic E-state index is 13.2. The molecule has 2 fully saturated rings. The van der Waals surface area contributed by atoms with E-state index in [1.807, 2.05) is 30.3 Å². The number of imide groups is 1. The number of rotatable bonds is 7. The Morgan fingerprint density at radius 2 is 1.89 bits per heavy atom. The van der Waals surface area contributed by atoms with Crippen LogP contribution in [0.25, 0.3) is 0 Å². The molecule has 2 atom stereocenters. The normalized spacial score (nSPS) is 21.8. The first-order valence-corrected chi connectivity index (χ1v) is 10.2. The third kappa shape index (κ3) is 3.98. The molecule has 1 saturated heterocycles. The van der Waals surface area contributed by atoms with Crippen molar-refractivity contribution < 1.29 is 19.1 Å². The van der Waals surface area contributed by atoms with Gasteiger partial charge in [-0.2, -0.15) is 12.6 Å². The summed E-state index contributed by atoms with van der Waals surface area (Å²) in [6.45, 7) is 1.87. The van der Waals surface area contributed by atoms with Crippen LogP contribution in [0.5, 0.6) is 0 Å². The Morgan fingerprint density at radius 3 is 2.48 bits per heavy atom. The molecule has 1 heterocycles. The molecule has 0 bridgehead atoms. The summed E-state index contributed by atoms with van der Waals surface area (Å²) >= 11 is 4.38. The molecule has 1 aromatic rings. The van der Waals surface area contributed by atoms with E-state index in [9.17, 15) is 14.4 Å². The van der Waals surface area contributed by atoms with E-state index in [2.05, 4.69) is 12.6 Å². The molecule has 7 heteroatoms. The highest BCUT2D eigenvalue weighted by molar-refractivity contribution is 7.80. The van der Waals surface area contributed by atoms with Crippen molar-refractivity contribution in [2.24, 2.45) is 0 Å². The molecular weight excluding hydrogens is 364 g/mol. The first-order valence-electron chi connectivity index (χ1n) is 9.55. The van der Waals surface area contributed by atoms with Crippen molar-refractivity contribution in [2.75, 3.05) is 12.4 Å². The summed E-state index contributed by atoms with van der Waals surface area (Å²) in [6, 6.07) is 7.63. The van der Waals surface area contributed by atoms with Crippen molar-refractivity contribution in [3.8, 4) is 0 Å². The van der Waals surface area contributed by atoms with Crippen molar-refractivity contribution >= 4 is 30.5 Å². The van der Waals surface area contributed by atoms with Crippen molar-refractivity contribution in [3.63, 3.8) is 0 Å². The van der Waals surface area contributed by atoms with E-state index in [-0.39, 0.29) is 18.7 Å². The summed E-state index contributed by atoms with van der Waals surface area (Å²) in [5.74, 6) is -0.788. The Balaban J connectivity index is 1.88. The number of urea groups is 1. The summed E-state index contributed by atoms with van der Waals surface area (Å²) in [5, 5.41) is 0. The van der Waals surface area contributed by atoms with E-state index >= 15 is 0 Å². The fourth-order valence-corrected chi connectivity index (χ4v) is 4.32. The minimum absolute atomic E-state index is 0.0850. The molecular formula is C20H26N2O4S. The predicted octanol–water partition coefficient (Wildman–Crippen LogP) is 2.67. The standard InChI is InChI=1S/C20H26N2O4S/c1-2-26-19(24)17-18(23)22(20(25)21(17)15-10-6-7-11-15)16(13-27)12-14-8-4-3-5-9-14/h3-5,8-9,15-17,27H,2,6-7,10-13H2,1H3. The quantitative estimate of drug-likeness (QED) is 0.336. The maximum absolute atomic E-state index is 13.2. The molecule has 0 aromatic heterocycles. The Labute approximate surface area is 165 Å². The van der Waals surface area contributed by atoms with Crippen LogP contribution in [-0.4, -0.2) is 58.2 Å². The van der Waals surface area contributed by atoms with Crippen molar-refractivity contribution in [1.82, 2.24) is 9.80 Å². The number of carbonyl (C=O) groups excluding carboxylic acids is 3. The number of hydrogen-bond donors (Lipinski definition) is 1. The lowest BCUT2D eigenvalue weighted by molar-refractivity contribution is -0.152. The van der Waals surface area contributed by atoms with Gasteiger partial charge in [0.25, 0.3) is 5.91 Å². The van der Waals surface area contributed by atoms with Gasteiger partial charge in [-0.25, -0.2) is 9.59 Å². The number of carbonyl (C=O) groups is 3. The number of amides is 3. The zero-order chi connectivity index (χ0) is 19.4. The highest BCUT2D eigenvalue weighted by Gasteiger charge is 2.54. The van der Waals surface area contributed by atoms with Crippen LogP contribution in [0.2, 0.25) is 0 Å². The monoisotopic (exact) mass is 390 g/mol. The van der Waals surface area contributed by atoms with E-state index < -0.39 is 24.0 Å². The third-order valence-electron chi connectivity index (χ3n) is 5.29. The Kier molecular flexibility index (Phi) is 6.42. The lowest BCUT2D eigenvalue weighted by atomic mass is 10.1. The molecule has 2 aliphatic rings. The summed E-state index contributed by atoms with van der Waals surface area (Å²) in [4.78, 5) is 41.5. The van der Waals surface area contributed by atoms with Gasteiger partial charge in [0.2, 0.25) is 6.04 Å². The van der Waals surface area contributed by atoms with Gasteiger partial charge in [0, 0.05) is 11.8 Å². The fraction of sp³-hybridized carbons (Fsp3) is 0.550. The first-order chi connectivity index (χ1) is 13.1. The summed E-state index contributed by atoms with van der Waals surface area (Å²) < 4.78 is 5.11. The molecule has 1 saturated carbocycles. The molecule has 0 spiro atoms. The van der Waals surface area contributed by atoms with Gasteiger partial charge >= 0.3 is 12.0 Å². The van der Waals surface area contributed by atoms with Crippen LogP contribution in [0.1, 0.15) is 38.2 Å². The second kappa shape index (κ2) is 8.78. The molecule has 3 rings (SSSR count). The van der Waals surface area contributed by atoms with Gasteiger partial charge < -0.3 is 4.74 Å². The minimum Gasteiger partial charge on any atom is -0.464 e. The van der Waals surface area contributed by atoms with Gasteiger partial charge in [0.05, 0.1) is 12.6 Å². The smallest absolute Gasteiger partial charge is 0.338 e. The molecule has 0 radical (unpaired) electrons. The van der Waals surface area contributed by atoms with Crippen molar-refractivity contribution in [3.05, 3.63) is 35.9 Å². The Morgan fingerprint density at radius 1 is 1.22 bits per heavy atom. The largest absolute Gasteiger partial charge is 0.464 e. The lowest BCUT2D eigenvalue weighted by Crippen LogP contribution is -2.47. The van der Waals surface area contributed by atoms with Crippen LogP contribution in [0.3, 0.4) is 0 Å². The number of hydrogen-bond acceptors (Lipinski definition) is 5. The SMILES string of the molecule is CCOC(=O)C1C(=O)N(C(CS)Cc2ccccc2)C(=O)N1C1CCCC1. The molecule has 1 aromatic carbocycles. The first kappa shape index (κ1) is 19.7. The second-order valence-corrected chi connectivity index (χ2v) is 7.38. The Bertz CT molecular complexity index is 690. The van der Waals surface area contributed by atoms with E-state index in [1.165, 1.54) is 9.80 Å². The summed E-state index contributed by atoms with van der Waals surface area (Å²) in [5.41, 5.74) is 1.02. The molecule has 1 aliphatic heterocycles. The van der Waals surface area contributed by atoms with Crippen LogP contribution in [0.4, 0.5) is 4.79 Å². The number of ether oxygens (including phenoxy) is 1. The Hall–Kier alpha value is -2.02. The number of esters is 1. The number of thiol groups is 1. The molecule has 3 amide bonds. The molecule has 146 valence electrons. The lowest BCUT2D eigenvalue weighted by Gasteiger charge is -2.28. The molecule has 27 heavy (non-hydrogen) atoms.